The van der Waals surface area contributed by atoms with Gasteiger partial charge in [-0.05, 0) is 36.4 Å². The number of nitrogens with zero attached hydrogens (tertiary/aromatic N) is 1. The summed E-state index contributed by atoms with van der Waals surface area (Å²) in [5.74, 6) is 0.116. The van der Waals surface area contributed by atoms with Crippen LogP contribution < -0.4 is 14.8 Å². The lowest BCUT2D eigenvalue weighted by Gasteiger charge is -2.24. The van der Waals surface area contributed by atoms with Crippen molar-refractivity contribution < 1.29 is 23.0 Å². The lowest BCUT2D eigenvalue weighted by molar-refractivity contribution is -0.130. The van der Waals surface area contributed by atoms with E-state index in [9.17, 15) is 13.6 Å². The number of halogens is 2. The van der Waals surface area contributed by atoms with Crippen LogP contribution in [0.3, 0.4) is 0 Å². The van der Waals surface area contributed by atoms with Crippen molar-refractivity contribution in [1.82, 2.24) is 4.90 Å². The fourth-order valence-electron chi connectivity index (χ4n) is 3.10. The highest BCUT2D eigenvalue weighted by Crippen LogP contribution is 2.35. The summed E-state index contributed by atoms with van der Waals surface area (Å²) in [4.78, 5) is 15.7. The van der Waals surface area contributed by atoms with Crippen molar-refractivity contribution >= 4 is 22.9 Å². The second-order valence-corrected chi connectivity index (χ2v) is 6.84. The third kappa shape index (κ3) is 4.24. The molecule has 1 atom stereocenters. The van der Waals surface area contributed by atoms with Gasteiger partial charge in [-0.3, -0.25) is 4.79 Å². The third-order valence-corrected chi connectivity index (χ3v) is 5.24. The van der Waals surface area contributed by atoms with Crippen LogP contribution in [0.1, 0.15) is 23.8 Å². The van der Waals surface area contributed by atoms with Gasteiger partial charge in [-0.1, -0.05) is 6.07 Å². The Hall–Kier alpha value is -2.35. The standard InChI is InChI=1S/C18H20F2N2O3S/c1-24-14-7-6-12(10-15(14)25-18(19)20)21-11-17(23)22-8-2-4-13(22)16-5-3-9-26-16/h3,5-7,9-10,13,18,21H,2,4,8,11H2,1H3/t13-/m0/s1. The topological polar surface area (TPSA) is 50.8 Å². The number of benzene rings is 1. The van der Waals surface area contributed by atoms with Gasteiger partial charge in [-0.2, -0.15) is 8.78 Å². The second-order valence-electron chi connectivity index (χ2n) is 5.86. The first-order chi connectivity index (χ1) is 12.6. The minimum Gasteiger partial charge on any atom is -0.493 e. The van der Waals surface area contributed by atoms with E-state index in [4.69, 9.17) is 4.74 Å². The van der Waals surface area contributed by atoms with Crippen molar-refractivity contribution in [2.45, 2.75) is 25.5 Å². The summed E-state index contributed by atoms with van der Waals surface area (Å²) in [7, 11) is 1.38. The fraction of sp³-hybridized carbons (Fsp3) is 0.389. The smallest absolute Gasteiger partial charge is 0.387 e. The number of likely N-dealkylation sites (tertiary alicyclic amines) is 1. The molecular weight excluding hydrogens is 362 g/mol. The molecule has 0 aliphatic carbocycles. The first-order valence-corrected chi connectivity index (χ1v) is 9.16. The van der Waals surface area contributed by atoms with Crippen molar-refractivity contribution in [3.63, 3.8) is 0 Å². The number of hydrogen-bond acceptors (Lipinski definition) is 5. The van der Waals surface area contributed by atoms with Gasteiger partial charge >= 0.3 is 6.61 Å². The molecule has 0 spiro atoms. The number of anilines is 1. The van der Waals surface area contributed by atoms with Crippen LogP contribution in [0, 0.1) is 0 Å². The number of alkyl halides is 2. The van der Waals surface area contributed by atoms with Gasteiger partial charge in [0.25, 0.3) is 0 Å². The molecular formula is C18H20F2N2O3S. The van der Waals surface area contributed by atoms with Gasteiger partial charge < -0.3 is 19.7 Å². The van der Waals surface area contributed by atoms with Gasteiger partial charge in [-0.25, -0.2) is 0 Å². The quantitative estimate of drug-likeness (QED) is 0.782. The van der Waals surface area contributed by atoms with E-state index >= 15 is 0 Å². The van der Waals surface area contributed by atoms with Crippen LogP contribution >= 0.6 is 11.3 Å². The van der Waals surface area contributed by atoms with Crippen LogP contribution in [0.5, 0.6) is 11.5 Å². The summed E-state index contributed by atoms with van der Waals surface area (Å²) in [6, 6.07) is 8.74. The summed E-state index contributed by atoms with van der Waals surface area (Å²) < 4.78 is 34.5. The van der Waals surface area contributed by atoms with Crippen LogP contribution in [0.15, 0.2) is 35.7 Å². The molecule has 1 amide bonds. The van der Waals surface area contributed by atoms with E-state index in [0.717, 1.165) is 19.4 Å². The summed E-state index contributed by atoms with van der Waals surface area (Å²) in [5, 5.41) is 4.99. The van der Waals surface area contributed by atoms with Gasteiger partial charge in [0.05, 0.1) is 19.7 Å². The Morgan fingerprint density at radius 2 is 2.23 bits per heavy atom. The average Bonchev–Trinajstić information content (AvgIpc) is 3.30. The molecule has 0 radical (unpaired) electrons. The summed E-state index contributed by atoms with van der Waals surface area (Å²) in [6.07, 6.45) is 1.93. The molecule has 140 valence electrons. The number of ether oxygens (including phenoxy) is 2. The molecule has 1 fully saturated rings. The Kier molecular flexibility index (Phi) is 5.92. The molecule has 2 aromatic rings. The highest BCUT2D eigenvalue weighted by atomic mass is 32.1. The van der Waals surface area contributed by atoms with Crippen LogP contribution in [-0.4, -0.2) is 37.6 Å². The fourth-order valence-corrected chi connectivity index (χ4v) is 3.97. The molecule has 0 unspecified atom stereocenters. The Morgan fingerprint density at radius 3 is 2.92 bits per heavy atom. The zero-order chi connectivity index (χ0) is 18.5. The van der Waals surface area contributed by atoms with Gasteiger partial charge in [0, 0.05) is 23.2 Å². The molecule has 1 aliphatic heterocycles. The minimum absolute atomic E-state index is 0.0203. The van der Waals surface area contributed by atoms with Crippen LogP contribution in [0.4, 0.5) is 14.5 Å². The average molecular weight is 382 g/mol. The first kappa shape index (κ1) is 18.4. The largest absolute Gasteiger partial charge is 0.493 e. The Labute approximate surface area is 154 Å². The van der Waals surface area contributed by atoms with Gasteiger partial charge in [0.15, 0.2) is 11.5 Å². The molecule has 1 aromatic carbocycles. The number of nitrogens with one attached hydrogen (secondary N) is 1. The predicted octanol–water partition coefficient (Wildman–Crippen LogP) is 4.13. The molecule has 8 heteroatoms. The minimum atomic E-state index is -2.95. The van der Waals surface area contributed by atoms with Gasteiger partial charge in [-0.15, -0.1) is 11.3 Å². The maximum atomic E-state index is 12.6. The van der Waals surface area contributed by atoms with Crippen molar-refractivity contribution in [1.29, 1.82) is 0 Å². The van der Waals surface area contributed by atoms with E-state index in [0.29, 0.717) is 5.69 Å². The molecule has 26 heavy (non-hydrogen) atoms. The van der Waals surface area contributed by atoms with Crippen LogP contribution in [-0.2, 0) is 4.79 Å². The number of thiophene rings is 1. The molecule has 5 nitrogen and oxygen atoms in total. The van der Waals surface area contributed by atoms with E-state index in [1.54, 1.807) is 17.4 Å². The second kappa shape index (κ2) is 8.35. The van der Waals surface area contributed by atoms with E-state index in [2.05, 4.69) is 10.1 Å². The zero-order valence-electron chi connectivity index (χ0n) is 14.3. The lowest BCUT2D eigenvalue weighted by atomic mass is 10.2. The maximum absolute atomic E-state index is 12.6. The predicted molar refractivity (Wildman–Crippen MR) is 96.1 cm³/mol. The molecule has 0 saturated carbocycles. The molecule has 3 rings (SSSR count). The van der Waals surface area contributed by atoms with E-state index < -0.39 is 6.61 Å². The van der Waals surface area contributed by atoms with Gasteiger partial charge in [0.2, 0.25) is 5.91 Å². The van der Waals surface area contributed by atoms with Crippen LogP contribution in [0.2, 0.25) is 0 Å². The van der Waals surface area contributed by atoms with Crippen molar-refractivity contribution in [2.75, 3.05) is 25.5 Å². The number of amides is 1. The highest BCUT2D eigenvalue weighted by Gasteiger charge is 2.30. The number of rotatable bonds is 7. The summed E-state index contributed by atoms with van der Waals surface area (Å²) >= 11 is 1.65. The van der Waals surface area contributed by atoms with E-state index in [-0.39, 0.29) is 30.0 Å². The normalized spacial score (nSPS) is 16.8. The Bertz CT molecular complexity index is 740. The van der Waals surface area contributed by atoms with Crippen molar-refractivity contribution in [3.05, 3.63) is 40.6 Å². The monoisotopic (exact) mass is 382 g/mol. The van der Waals surface area contributed by atoms with Gasteiger partial charge in [0.1, 0.15) is 0 Å². The highest BCUT2D eigenvalue weighted by molar-refractivity contribution is 7.10. The van der Waals surface area contributed by atoms with E-state index in [1.807, 2.05) is 22.4 Å². The maximum Gasteiger partial charge on any atom is 0.387 e. The Balaban J connectivity index is 1.64. The molecule has 1 saturated heterocycles. The third-order valence-electron chi connectivity index (χ3n) is 4.27. The number of carbonyl (C=O) groups is 1. The number of carbonyl (C=O) groups excluding carboxylic acids is 1. The molecule has 0 bridgehead atoms. The zero-order valence-corrected chi connectivity index (χ0v) is 15.1. The van der Waals surface area contributed by atoms with Crippen molar-refractivity contribution in [2.24, 2.45) is 0 Å². The SMILES string of the molecule is COc1ccc(NCC(=O)N2CCC[C@H]2c2cccs2)cc1OC(F)F. The summed E-state index contributed by atoms with van der Waals surface area (Å²) in [5.41, 5.74) is 0.515. The Morgan fingerprint density at radius 1 is 1.38 bits per heavy atom. The molecule has 2 heterocycles. The molecule has 1 N–H and O–H groups in total. The number of hydrogen-bond donors (Lipinski definition) is 1. The summed E-state index contributed by atoms with van der Waals surface area (Å²) in [6.45, 7) is -2.13. The van der Waals surface area contributed by atoms with E-state index in [1.165, 1.54) is 24.1 Å². The lowest BCUT2D eigenvalue weighted by Crippen LogP contribution is -2.34. The molecule has 1 aliphatic rings. The first-order valence-electron chi connectivity index (χ1n) is 8.28. The van der Waals surface area contributed by atoms with Crippen molar-refractivity contribution in [3.8, 4) is 11.5 Å². The molecule has 1 aromatic heterocycles. The number of methoxy groups -OCH3 is 1. The van der Waals surface area contributed by atoms with Crippen LogP contribution in [0.25, 0.3) is 0 Å².